The van der Waals surface area contributed by atoms with Gasteiger partial charge in [-0.25, -0.2) is 9.78 Å². The molecule has 11 nitrogen and oxygen atoms in total. The van der Waals surface area contributed by atoms with Crippen molar-refractivity contribution in [3.63, 3.8) is 0 Å². The standard InChI is InChI=1S/C17H22FN5O6/c1-5-17(26-4,7-27-9-28-16(25)29-10(2)3)11(24)6-23-8-20-12-13(19)21-15(18)22-14(12)23/h1,8,10-11,24H,6-7,9H2,2-4H3,(H2,19,21,22)/t11-,17?/m0/s1. The van der Waals surface area contributed by atoms with E-state index in [1.165, 1.54) is 18.0 Å². The Bertz CT molecular complexity index is 898. The largest absolute Gasteiger partial charge is 0.510 e. The summed E-state index contributed by atoms with van der Waals surface area (Å²) in [6, 6.07) is 0. The zero-order chi connectivity index (χ0) is 21.6. The highest BCUT2D eigenvalue weighted by atomic mass is 19.1. The monoisotopic (exact) mass is 411 g/mol. The minimum atomic E-state index is -1.60. The Morgan fingerprint density at radius 2 is 2.21 bits per heavy atom. The highest BCUT2D eigenvalue weighted by molar-refractivity contribution is 5.81. The smallest absolute Gasteiger partial charge is 0.432 e. The molecule has 0 aromatic carbocycles. The SMILES string of the molecule is C#CC(COCOC(=O)OC(C)C)(OC)[C@@H](O)Cn1cnc2c(N)nc(F)nc21. The molecule has 2 aromatic rings. The van der Waals surface area contributed by atoms with Gasteiger partial charge in [-0.15, -0.1) is 6.42 Å². The van der Waals surface area contributed by atoms with Crippen molar-refractivity contribution in [2.45, 2.75) is 38.2 Å². The molecule has 0 saturated carbocycles. The second-order valence-electron chi connectivity index (χ2n) is 6.23. The molecule has 0 spiro atoms. The van der Waals surface area contributed by atoms with Gasteiger partial charge in [-0.3, -0.25) is 0 Å². The second-order valence-corrected chi connectivity index (χ2v) is 6.23. The van der Waals surface area contributed by atoms with Crippen LogP contribution in [0.25, 0.3) is 11.2 Å². The molecule has 0 saturated heterocycles. The lowest BCUT2D eigenvalue weighted by atomic mass is 9.98. The van der Waals surface area contributed by atoms with Crippen LogP contribution in [0.5, 0.6) is 0 Å². The van der Waals surface area contributed by atoms with Crippen molar-refractivity contribution in [3.05, 3.63) is 12.4 Å². The van der Waals surface area contributed by atoms with Gasteiger partial charge in [0.25, 0.3) is 0 Å². The first-order chi connectivity index (χ1) is 13.7. The molecular formula is C17H22FN5O6. The fraction of sp³-hybridized carbons (Fsp3) is 0.529. The van der Waals surface area contributed by atoms with Gasteiger partial charge in [0, 0.05) is 7.11 Å². The maximum Gasteiger partial charge on any atom is 0.510 e. The third kappa shape index (κ3) is 5.29. The molecule has 0 bridgehead atoms. The number of methoxy groups -OCH3 is 1. The first kappa shape index (κ1) is 22.3. The number of aromatic nitrogens is 4. The minimum Gasteiger partial charge on any atom is -0.432 e. The predicted molar refractivity (Wildman–Crippen MR) is 97.8 cm³/mol. The molecule has 2 rings (SSSR count). The number of nitrogen functional groups attached to an aromatic ring is 1. The number of rotatable bonds is 9. The number of anilines is 1. The van der Waals surface area contributed by atoms with Crippen molar-refractivity contribution < 1.29 is 33.2 Å². The van der Waals surface area contributed by atoms with Crippen LogP contribution in [0.2, 0.25) is 0 Å². The van der Waals surface area contributed by atoms with E-state index in [1.54, 1.807) is 13.8 Å². The number of nitrogens with two attached hydrogens (primary N) is 1. The van der Waals surface area contributed by atoms with E-state index in [0.717, 1.165) is 0 Å². The van der Waals surface area contributed by atoms with E-state index in [2.05, 4.69) is 20.9 Å². The third-order valence-corrected chi connectivity index (χ3v) is 3.89. The second kappa shape index (κ2) is 9.46. The van der Waals surface area contributed by atoms with Gasteiger partial charge >= 0.3 is 12.2 Å². The van der Waals surface area contributed by atoms with Gasteiger partial charge in [-0.1, -0.05) is 5.92 Å². The van der Waals surface area contributed by atoms with E-state index in [9.17, 15) is 14.3 Å². The lowest BCUT2D eigenvalue weighted by Crippen LogP contribution is -2.49. The molecule has 1 unspecified atom stereocenters. The van der Waals surface area contributed by atoms with Crippen molar-refractivity contribution >= 4 is 23.1 Å². The molecule has 158 valence electrons. The topological polar surface area (TPSA) is 144 Å². The fourth-order valence-corrected chi connectivity index (χ4v) is 2.40. The Labute approximate surface area is 165 Å². The number of nitrogens with zero attached hydrogens (tertiary/aromatic N) is 4. The fourth-order valence-electron chi connectivity index (χ4n) is 2.40. The number of imidazole rings is 1. The number of terminal acetylenes is 1. The number of aliphatic hydroxyl groups is 1. The van der Waals surface area contributed by atoms with E-state index in [-0.39, 0.29) is 36.2 Å². The number of hydrogen-bond donors (Lipinski definition) is 2. The predicted octanol–water partition coefficient (Wildman–Crippen LogP) is 0.463. The zero-order valence-electron chi connectivity index (χ0n) is 16.2. The van der Waals surface area contributed by atoms with Gasteiger partial charge in [0.2, 0.25) is 0 Å². The summed E-state index contributed by atoms with van der Waals surface area (Å²) < 4.78 is 34.8. The molecule has 2 aromatic heterocycles. The van der Waals surface area contributed by atoms with Crippen LogP contribution in [0.3, 0.4) is 0 Å². The van der Waals surface area contributed by atoms with Crippen LogP contribution in [-0.4, -0.2) is 69.1 Å². The van der Waals surface area contributed by atoms with Crippen LogP contribution >= 0.6 is 0 Å². The first-order valence-electron chi connectivity index (χ1n) is 8.48. The van der Waals surface area contributed by atoms with Crippen molar-refractivity contribution in [3.8, 4) is 12.3 Å². The van der Waals surface area contributed by atoms with Gasteiger partial charge in [0.1, 0.15) is 11.6 Å². The van der Waals surface area contributed by atoms with Crippen LogP contribution < -0.4 is 5.73 Å². The Kier molecular flexibility index (Phi) is 7.27. The first-order valence-corrected chi connectivity index (χ1v) is 8.48. The average Bonchev–Trinajstić information content (AvgIpc) is 3.04. The van der Waals surface area contributed by atoms with Gasteiger partial charge in [-0.2, -0.15) is 14.4 Å². The number of fused-ring (bicyclic) bond motifs is 1. The molecule has 0 aliphatic rings. The Hall–Kier alpha value is -3.01. The maximum atomic E-state index is 13.5. The molecule has 0 radical (unpaired) electrons. The summed E-state index contributed by atoms with van der Waals surface area (Å²) in [5.74, 6) is 2.20. The highest BCUT2D eigenvalue weighted by Crippen LogP contribution is 2.21. The molecule has 0 aliphatic heterocycles. The number of carbonyl (C=O) groups excluding carboxylic acids is 1. The number of ether oxygens (including phenoxy) is 4. The summed E-state index contributed by atoms with van der Waals surface area (Å²) in [5, 5.41) is 10.7. The van der Waals surface area contributed by atoms with Gasteiger partial charge in [0.15, 0.2) is 23.9 Å². The lowest BCUT2D eigenvalue weighted by molar-refractivity contribution is -0.137. The van der Waals surface area contributed by atoms with Gasteiger partial charge in [0.05, 0.1) is 25.6 Å². The van der Waals surface area contributed by atoms with Crippen molar-refractivity contribution in [1.82, 2.24) is 19.5 Å². The third-order valence-electron chi connectivity index (χ3n) is 3.89. The van der Waals surface area contributed by atoms with E-state index in [4.69, 9.17) is 31.1 Å². The van der Waals surface area contributed by atoms with E-state index in [1.807, 2.05) is 0 Å². The molecule has 0 aliphatic carbocycles. The quantitative estimate of drug-likeness (QED) is 0.196. The lowest BCUT2D eigenvalue weighted by Gasteiger charge is -2.31. The van der Waals surface area contributed by atoms with Crippen molar-refractivity contribution in [2.24, 2.45) is 0 Å². The number of hydrogen-bond acceptors (Lipinski definition) is 10. The van der Waals surface area contributed by atoms with Crippen LogP contribution in [0.1, 0.15) is 13.8 Å². The molecule has 0 amide bonds. The zero-order valence-corrected chi connectivity index (χ0v) is 16.2. The molecule has 2 atom stereocenters. The minimum absolute atomic E-state index is 0.0803. The average molecular weight is 411 g/mol. The molecule has 3 N–H and O–H groups in total. The molecule has 29 heavy (non-hydrogen) atoms. The van der Waals surface area contributed by atoms with E-state index in [0.29, 0.717) is 0 Å². The summed E-state index contributed by atoms with van der Waals surface area (Å²) >= 11 is 0. The summed E-state index contributed by atoms with van der Waals surface area (Å²) in [5.41, 5.74) is 4.28. The number of aliphatic hydroxyl groups excluding tert-OH is 1. The van der Waals surface area contributed by atoms with Crippen molar-refractivity contribution in [1.29, 1.82) is 0 Å². The molecular weight excluding hydrogens is 389 g/mol. The van der Waals surface area contributed by atoms with Crippen molar-refractivity contribution in [2.75, 3.05) is 26.2 Å². The van der Waals surface area contributed by atoms with Crippen LogP contribution in [0, 0.1) is 18.4 Å². The Morgan fingerprint density at radius 1 is 1.48 bits per heavy atom. The molecule has 12 heteroatoms. The summed E-state index contributed by atoms with van der Waals surface area (Å²) in [6.45, 7) is 2.39. The molecule has 0 fully saturated rings. The summed E-state index contributed by atoms with van der Waals surface area (Å²) in [7, 11) is 1.28. The van der Waals surface area contributed by atoms with Crippen LogP contribution in [-0.2, 0) is 25.5 Å². The number of carbonyl (C=O) groups is 1. The van der Waals surface area contributed by atoms with E-state index >= 15 is 0 Å². The molecule has 2 heterocycles. The summed E-state index contributed by atoms with van der Waals surface area (Å²) in [4.78, 5) is 22.4. The maximum absolute atomic E-state index is 13.5. The normalized spacial score (nSPS) is 14.4. The number of halogens is 1. The highest BCUT2D eigenvalue weighted by Gasteiger charge is 2.37. The van der Waals surface area contributed by atoms with Gasteiger partial charge in [-0.05, 0) is 13.8 Å². The van der Waals surface area contributed by atoms with Crippen LogP contribution in [0.4, 0.5) is 15.0 Å². The summed E-state index contributed by atoms with van der Waals surface area (Å²) in [6.07, 6.45) is 3.24. The Balaban J connectivity index is 2.06. The van der Waals surface area contributed by atoms with Gasteiger partial charge < -0.3 is 34.4 Å². The van der Waals surface area contributed by atoms with Crippen LogP contribution in [0.15, 0.2) is 6.33 Å². The van der Waals surface area contributed by atoms with E-state index < -0.39 is 30.7 Å². The Morgan fingerprint density at radius 3 is 2.83 bits per heavy atom.